The van der Waals surface area contributed by atoms with Crippen molar-refractivity contribution in [2.45, 2.75) is 39.2 Å². The summed E-state index contributed by atoms with van der Waals surface area (Å²) in [6.45, 7) is 6.11. The van der Waals surface area contributed by atoms with E-state index in [0.29, 0.717) is 16.9 Å². The third-order valence-corrected chi connectivity index (χ3v) is 5.01. The third kappa shape index (κ3) is 4.74. The summed E-state index contributed by atoms with van der Waals surface area (Å²) in [5.41, 5.74) is 1.67. The van der Waals surface area contributed by atoms with Gasteiger partial charge >= 0.3 is 0 Å². The molecule has 0 aromatic heterocycles. The minimum absolute atomic E-state index is 0.0218. The number of rotatable bonds is 6. The fraction of sp³-hybridized carbons (Fsp3) is 0.240. The Hall–Kier alpha value is -3.47. The van der Waals surface area contributed by atoms with Gasteiger partial charge in [0.25, 0.3) is 0 Å². The quantitative estimate of drug-likeness (QED) is 0.251. The summed E-state index contributed by atoms with van der Waals surface area (Å²) in [5, 5.41) is 30.0. The fourth-order valence-corrected chi connectivity index (χ4v) is 3.30. The van der Waals surface area contributed by atoms with E-state index >= 15 is 0 Å². The van der Waals surface area contributed by atoms with Crippen LogP contribution in [0.15, 0.2) is 54.1 Å². The first-order valence-electron chi connectivity index (χ1n) is 9.80. The van der Waals surface area contributed by atoms with Crippen LogP contribution < -0.4 is 4.74 Å². The maximum absolute atomic E-state index is 12.6. The van der Waals surface area contributed by atoms with Crippen molar-refractivity contribution in [3.63, 3.8) is 0 Å². The van der Waals surface area contributed by atoms with Crippen molar-refractivity contribution >= 4 is 17.9 Å². The zero-order chi connectivity index (χ0) is 21.9. The molecular formula is C25H26O5. The highest BCUT2D eigenvalue weighted by Crippen LogP contribution is 2.40. The first-order valence-corrected chi connectivity index (χ1v) is 9.80. The predicted octanol–water partition coefficient (Wildman–Crippen LogP) is 5.61. The molecule has 0 bridgehead atoms. The molecule has 2 aromatic rings. The van der Waals surface area contributed by atoms with Crippen LogP contribution in [0.25, 0.3) is 12.2 Å². The largest absolute Gasteiger partial charge is 0.508 e. The zero-order valence-corrected chi connectivity index (χ0v) is 17.3. The van der Waals surface area contributed by atoms with Gasteiger partial charge in [0.1, 0.15) is 28.6 Å². The van der Waals surface area contributed by atoms with E-state index in [9.17, 15) is 20.1 Å². The van der Waals surface area contributed by atoms with E-state index in [1.807, 2.05) is 13.0 Å². The van der Waals surface area contributed by atoms with Crippen molar-refractivity contribution in [3.05, 3.63) is 70.8 Å². The van der Waals surface area contributed by atoms with Crippen molar-refractivity contribution in [1.82, 2.24) is 0 Å². The minimum Gasteiger partial charge on any atom is -0.508 e. The molecule has 0 amide bonds. The van der Waals surface area contributed by atoms with E-state index in [4.69, 9.17) is 4.74 Å². The SMILES string of the molecule is CC(C)=CCCC1(C)C=Cc2c(ccc(C(=O)/C=C/c3cc(O)ccc3O)c2O)O1. The summed E-state index contributed by atoms with van der Waals surface area (Å²) in [5.74, 6) is -0.129. The maximum atomic E-state index is 12.6. The van der Waals surface area contributed by atoms with E-state index in [0.717, 1.165) is 12.8 Å². The normalized spacial score (nSPS) is 17.4. The molecule has 1 atom stereocenters. The topological polar surface area (TPSA) is 87.0 Å². The van der Waals surface area contributed by atoms with Gasteiger partial charge in [-0.25, -0.2) is 0 Å². The lowest BCUT2D eigenvalue weighted by atomic mass is 9.93. The Morgan fingerprint density at radius 3 is 2.63 bits per heavy atom. The molecule has 0 saturated carbocycles. The van der Waals surface area contributed by atoms with Crippen LogP contribution in [0, 0.1) is 0 Å². The molecule has 5 nitrogen and oxygen atoms in total. The van der Waals surface area contributed by atoms with Gasteiger partial charge in [0.15, 0.2) is 5.78 Å². The summed E-state index contributed by atoms with van der Waals surface area (Å²) in [6.07, 6.45) is 10.2. The Morgan fingerprint density at radius 1 is 1.13 bits per heavy atom. The number of benzene rings is 2. The summed E-state index contributed by atoms with van der Waals surface area (Å²) in [7, 11) is 0. The predicted molar refractivity (Wildman–Crippen MR) is 118 cm³/mol. The summed E-state index contributed by atoms with van der Waals surface area (Å²) in [4.78, 5) is 12.6. The Bertz CT molecular complexity index is 1060. The first-order chi connectivity index (χ1) is 14.2. The highest BCUT2D eigenvalue weighted by atomic mass is 16.5. The van der Waals surface area contributed by atoms with Gasteiger partial charge in [-0.3, -0.25) is 4.79 Å². The molecule has 3 rings (SSSR count). The molecule has 1 unspecified atom stereocenters. The minimum atomic E-state index is -0.482. The number of hydrogen-bond acceptors (Lipinski definition) is 5. The van der Waals surface area contributed by atoms with Crippen LogP contribution in [0.3, 0.4) is 0 Å². The second-order valence-corrected chi connectivity index (χ2v) is 7.88. The second kappa shape index (κ2) is 8.49. The molecule has 1 heterocycles. The van der Waals surface area contributed by atoms with Crippen molar-refractivity contribution in [1.29, 1.82) is 0 Å². The molecule has 3 N–H and O–H groups in total. The third-order valence-electron chi connectivity index (χ3n) is 5.01. The molecule has 0 spiro atoms. The lowest BCUT2D eigenvalue weighted by Gasteiger charge is -2.32. The van der Waals surface area contributed by atoms with Crippen LogP contribution in [-0.2, 0) is 0 Å². The standard InChI is InChI=1S/C25H26O5/c1-16(2)5-4-13-25(3)14-12-20-23(30-25)11-8-19(24(20)29)22(28)9-6-17-15-18(26)7-10-21(17)27/h5-12,14-15,26-27,29H,4,13H2,1-3H3/b9-6+. The van der Waals surface area contributed by atoms with Crippen molar-refractivity contribution < 1.29 is 24.9 Å². The summed E-state index contributed by atoms with van der Waals surface area (Å²) >= 11 is 0. The smallest absolute Gasteiger partial charge is 0.189 e. The highest BCUT2D eigenvalue weighted by Gasteiger charge is 2.29. The summed E-state index contributed by atoms with van der Waals surface area (Å²) < 4.78 is 6.11. The van der Waals surface area contributed by atoms with Crippen LogP contribution in [0.2, 0.25) is 0 Å². The van der Waals surface area contributed by atoms with Crippen LogP contribution in [-0.4, -0.2) is 26.7 Å². The number of ether oxygens (including phenoxy) is 1. The van der Waals surface area contributed by atoms with E-state index < -0.39 is 11.4 Å². The molecule has 1 aliphatic heterocycles. The number of phenols is 3. The molecule has 0 aliphatic carbocycles. The Labute approximate surface area is 176 Å². The van der Waals surface area contributed by atoms with E-state index in [1.54, 1.807) is 12.1 Å². The lowest BCUT2D eigenvalue weighted by Crippen LogP contribution is -2.31. The van der Waals surface area contributed by atoms with Crippen molar-refractivity contribution in [2.75, 3.05) is 0 Å². The molecule has 1 aliphatic rings. The number of carbonyl (C=O) groups excluding carboxylic acids is 1. The van der Waals surface area contributed by atoms with Crippen LogP contribution in [0.5, 0.6) is 23.0 Å². The lowest BCUT2D eigenvalue weighted by molar-refractivity contribution is 0.104. The first kappa shape index (κ1) is 21.2. The molecule has 30 heavy (non-hydrogen) atoms. The monoisotopic (exact) mass is 406 g/mol. The zero-order valence-electron chi connectivity index (χ0n) is 17.3. The molecular weight excluding hydrogens is 380 g/mol. The van der Waals surface area contributed by atoms with Gasteiger partial charge < -0.3 is 20.1 Å². The number of ketones is 1. The Morgan fingerprint density at radius 2 is 1.90 bits per heavy atom. The highest BCUT2D eigenvalue weighted by molar-refractivity contribution is 6.09. The Balaban J connectivity index is 1.81. The molecule has 2 aromatic carbocycles. The second-order valence-electron chi connectivity index (χ2n) is 7.88. The van der Waals surface area contributed by atoms with Gasteiger partial charge in [-0.2, -0.15) is 0 Å². The number of phenolic OH excluding ortho intramolecular Hbond substituents is 3. The van der Waals surface area contributed by atoms with E-state index in [2.05, 4.69) is 19.9 Å². The number of carbonyl (C=O) groups is 1. The number of fused-ring (bicyclic) bond motifs is 1. The van der Waals surface area contributed by atoms with Crippen molar-refractivity contribution in [2.24, 2.45) is 0 Å². The van der Waals surface area contributed by atoms with Gasteiger partial charge in [-0.05, 0) is 88.2 Å². The molecule has 0 fully saturated rings. The van der Waals surface area contributed by atoms with Gasteiger partial charge in [0.05, 0.1) is 11.1 Å². The molecule has 0 saturated heterocycles. The molecule has 5 heteroatoms. The van der Waals surface area contributed by atoms with Gasteiger partial charge in [-0.1, -0.05) is 11.6 Å². The van der Waals surface area contributed by atoms with Crippen LogP contribution in [0.1, 0.15) is 55.1 Å². The maximum Gasteiger partial charge on any atom is 0.189 e. The number of aromatic hydroxyl groups is 3. The van der Waals surface area contributed by atoms with Gasteiger partial charge in [0.2, 0.25) is 0 Å². The average molecular weight is 406 g/mol. The average Bonchev–Trinajstić information content (AvgIpc) is 2.68. The summed E-state index contributed by atoms with van der Waals surface area (Å²) in [6, 6.07) is 7.25. The van der Waals surface area contributed by atoms with Gasteiger partial charge in [-0.15, -0.1) is 0 Å². The molecule has 156 valence electrons. The van der Waals surface area contributed by atoms with Crippen LogP contribution >= 0.6 is 0 Å². The molecule has 0 radical (unpaired) electrons. The van der Waals surface area contributed by atoms with Crippen LogP contribution in [0.4, 0.5) is 0 Å². The van der Waals surface area contributed by atoms with E-state index in [-0.39, 0.29) is 22.8 Å². The number of hydrogen-bond donors (Lipinski definition) is 3. The van der Waals surface area contributed by atoms with Gasteiger partial charge in [0, 0.05) is 5.56 Å². The number of allylic oxidation sites excluding steroid dienone is 3. The Kier molecular flexibility index (Phi) is 6.01. The van der Waals surface area contributed by atoms with Crippen molar-refractivity contribution in [3.8, 4) is 23.0 Å². The fourth-order valence-electron chi connectivity index (χ4n) is 3.30. The van der Waals surface area contributed by atoms with E-state index in [1.165, 1.54) is 42.0 Å².